The van der Waals surface area contributed by atoms with E-state index in [0.717, 1.165) is 29.8 Å². The van der Waals surface area contributed by atoms with Gasteiger partial charge in [0.05, 0.1) is 6.10 Å². The summed E-state index contributed by atoms with van der Waals surface area (Å²) in [4.78, 5) is 25.8. The Labute approximate surface area is 172 Å². The molecule has 0 unspecified atom stereocenters. The molecule has 1 saturated carbocycles. The van der Waals surface area contributed by atoms with Crippen LogP contribution in [0.5, 0.6) is 5.75 Å². The van der Waals surface area contributed by atoms with Gasteiger partial charge in [-0.1, -0.05) is 30.3 Å². The number of amides is 3. The Morgan fingerprint density at radius 2 is 1.72 bits per heavy atom. The van der Waals surface area contributed by atoms with Crippen LogP contribution in [-0.2, 0) is 11.3 Å². The molecule has 154 valence electrons. The van der Waals surface area contributed by atoms with Crippen LogP contribution in [0.3, 0.4) is 0 Å². The van der Waals surface area contributed by atoms with Gasteiger partial charge in [-0.05, 0) is 55.5 Å². The summed E-state index contributed by atoms with van der Waals surface area (Å²) in [5, 5.41) is 5.62. The van der Waals surface area contributed by atoms with Crippen LogP contribution in [-0.4, -0.2) is 36.5 Å². The van der Waals surface area contributed by atoms with Crippen molar-refractivity contribution < 1.29 is 14.3 Å². The van der Waals surface area contributed by atoms with E-state index in [1.807, 2.05) is 54.6 Å². The van der Waals surface area contributed by atoms with Crippen molar-refractivity contribution in [3.05, 3.63) is 60.2 Å². The van der Waals surface area contributed by atoms with Gasteiger partial charge in [0.25, 0.3) is 0 Å². The highest BCUT2D eigenvalue weighted by molar-refractivity contribution is 5.91. The summed E-state index contributed by atoms with van der Waals surface area (Å²) in [5.41, 5.74) is 1.78. The van der Waals surface area contributed by atoms with Crippen LogP contribution in [0.2, 0.25) is 0 Å². The molecule has 0 bridgehead atoms. The van der Waals surface area contributed by atoms with Crippen LogP contribution in [0.25, 0.3) is 0 Å². The highest BCUT2D eigenvalue weighted by atomic mass is 16.5. The second-order valence-electron chi connectivity index (χ2n) is 7.42. The predicted octanol–water partition coefficient (Wildman–Crippen LogP) is 4.18. The van der Waals surface area contributed by atoms with Crippen molar-refractivity contribution in [2.24, 2.45) is 0 Å². The molecule has 0 saturated heterocycles. The van der Waals surface area contributed by atoms with Crippen molar-refractivity contribution in [2.45, 2.75) is 44.8 Å². The zero-order valence-corrected chi connectivity index (χ0v) is 16.9. The minimum Gasteiger partial charge on any atom is -0.490 e. The number of carbonyl (C=O) groups excluding carboxylic acids is 2. The molecule has 0 radical (unpaired) electrons. The molecule has 0 atom stereocenters. The van der Waals surface area contributed by atoms with Gasteiger partial charge in [0.2, 0.25) is 5.91 Å². The van der Waals surface area contributed by atoms with Crippen molar-refractivity contribution >= 4 is 17.6 Å². The van der Waals surface area contributed by atoms with Crippen LogP contribution in [0.15, 0.2) is 54.6 Å². The Morgan fingerprint density at radius 1 is 1.03 bits per heavy atom. The standard InChI is InChI=1S/C23H29N3O3/c1-26(17-18-7-3-2-4-8-18)23(28)24-16-15-22(27)25-19-11-13-21(14-12-19)29-20-9-5-6-10-20/h2-4,7-8,11-14,20H,5-6,9-10,15-17H2,1H3,(H,24,28)(H,25,27). The number of nitrogens with one attached hydrogen (secondary N) is 2. The molecule has 1 fully saturated rings. The molecule has 0 aliphatic heterocycles. The lowest BCUT2D eigenvalue weighted by atomic mass is 10.2. The molecule has 3 amide bonds. The fraction of sp³-hybridized carbons (Fsp3) is 0.391. The Balaban J connectivity index is 1.35. The highest BCUT2D eigenvalue weighted by Crippen LogP contribution is 2.25. The third-order valence-electron chi connectivity index (χ3n) is 4.98. The molecule has 2 aromatic carbocycles. The molecular formula is C23H29N3O3. The van der Waals surface area contributed by atoms with E-state index in [2.05, 4.69) is 10.6 Å². The van der Waals surface area contributed by atoms with Gasteiger partial charge in [-0.15, -0.1) is 0 Å². The lowest BCUT2D eigenvalue weighted by Crippen LogP contribution is -2.38. The van der Waals surface area contributed by atoms with E-state index in [4.69, 9.17) is 4.74 Å². The highest BCUT2D eigenvalue weighted by Gasteiger charge is 2.16. The van der Waals surface area contributed by atoms with Crippen LogP contribution < -0.4 is 15.4 Å². The average molecular weight is 396 g/mol. The Hall–Kier alpha value is -3.02. The zero-order valence-electron chi connectivity index (χ0n) is 16.9. The first-order valence-corrected chi connectivity index (χ1v) is 10.2. The molecule has 2 N–H and O–H groups in total. The maximum atomic E-state index is 12.1. The number of nitrogens with zero attached hydrogens (tertiary/aromatic N) is 1. The third kappa shape index (κ3) is 6.82. The first kappa shape index (κ1) is 20.7. The van der Waals surface area contributed by atoms with Gasteiger partial charge in [0.15, 0.2) is 0 Å². The summed E-state index contributed by atoms with van der Waals surface area (Å²) in [6.07, 6.45) is 5.23. The maximum absolute atomic E-state index is 12.1. The number of hydrogen-bond donors (Lipinski definition) is 2. The van der Waals surface area contributed by atoms with Crippen LogP contribution in [0.4, 0.5) is 10.5 Å². The molecule has 0 spiro atoms. The molecule has 3 rings (SSSR count). The molecule has 1 aliphatic carbocycles. The Bertz CT molecular complexity index is 787. The van der Waals surface area contributed by atoms with Crippen LogP contribution in [0, 0.1) is 0 Å². The molecule has 6 heteroatoms. The number of urea groups is 1. The van der Waals surface area contributed by atoms with E-state index in [-0.39, 0.29) is 24.9 Å². The van der Waals surface area contributed by atoms with Gasteiger partial charge in [-0.2, -0.15) is 0 Å². The van der Waals surface area contributed by atoms with Crippen molar-refractivity contribution in [1.82, 2.24) is 10.2 Å². The lowest BCUT2D eigenvalue weighted by molar-refractivity contribution is -0.116. The van der Waals surface area contributed by atoms with Gasteiger partial charge in [0.1, 0.15) is 5.75 Å². The smallest absolute Gasteiger partial charge is 0.317 e. The first-order chi connectivity index (χ1) is 14.1. The number of carbonyl (C=O) groups is 2. The molecule has 6 nitrogen and oxygen atoms in total. The summed E-state index contributed by atoms with van der Waals surface area (Å²) in [6.45, 7) is 0.806. The number of anilines is 1. The molecule has 2 aromatic rings. The topological polar surface area (TPSA) is 70.7 Å². The summed E-state index contributed by atoms with van der Waals surface area (Å²) in [6, 6.07) is 17.0. The maximum Gasteiger partial charge on any atom is 0.317 e. The summed E-state index contributed by atoms with van der Waals surface area (Å²) < 4.78 is 5.93. The van der Waals surface area contributed by atoms with Crippen LogP contribution >= 0.6 is 0 Å². The van der Waals surface area contributed by atoms with E-state index in [0.29, 0.717) is 12.6 Å². The predicted molar refractivity (Wildman–Crippen MR) is 114 cm³/mol. The quantitative estimate of drug-likeness (QED) is 0.704. The monoisotopic (exact) mass is 395 g/mol. The third-order valence-corrected chi connectivity index (χ3v) is 4.98. The normalized spacial score (nSPS) is 13.7. The van der Waals surface area contributed by atoms with E-state index < -0.39 is 0 Å². The zero-order chi connectivity index (χ0) is 20.5. The van der Waals surface area contributed by atoms with Crippen molar-refractivity contribution in [3.8, 4) is 5.75 Å². The SMILES string of the molecule is CN(Cc1ccccc1)C(=O)NCCC(=O)Nc1ccc(OC2CCCC2)cc1. The summed E-state index contributed by atoms with van der Waals surface area (Å²) >= 11 is 0. The second kappa shape index (κ2) is 10.5. The molecule has 0 aromatic heterocycles. The lowest BCUT2D eigenvalue weighted by Gasteiger charge is -2.18. The fourth-order valence-corrected chi connectivity index (χ4v) is 3.39. The van der Waals surface area contributed by atoms with Gasteiger partial charge in [0, 0.05) is 32.2 Å². The number of benzene rings is 2. The summed E-state index contributed by atoms with van der Waals surface area (Å²) in [7, 11) is 1.73. The first-order valence-electron chi connectivity index (χ1n) is 10.2. The minimum atomic E-state index is -0.199. The molecule has 1 aliphatic rings. The molecule has 29 heavy (non-hydrogen) atoms. The fourth-order valence-electron chi connectivity index (χ4n) is 3.39. The van der Waals surface area contributed by atoms with Gasteiger partial charge in [-0.3, -0.25) is 4.79 Å². The van der Waals surface area contributed by atoms with E-state index in [1.54, 1.807) is 11.9 Å². The Morgan fingerprint density at radius 3 is 2.41 bits per heavy atom. The van der Waals surface area contributed by atoms with E-state index in [1.165, 1.54) is 12.8 Å². The number of rotatable bonds is 8. The van der Waals surface area contributed by atoms with Crippen molar-refractivity contribution in [2.75, 3.05) is 18.9 Å². The number of hydrogen-bond acceptors (Lipinski definition) is 3. The average Bonchev–Trinajstić information content (AvgIpc) is 3.23. The van der Waals surface area contributed by atoms with Crippen molar-refractivity contribution in [3.63, 3.8) is 0 Å². The molecular weight excluding hydrogens is 366 g/mol. The van der Waals surface area contributed by atoms with Crippen molar-refractivity contribution in [1.29, 1.82) is 0 Å². The molecule has 0 heterocycles. The van der Waals surface area contributed by atoms with E-state index in [9.17, 15) is 9.59 Å². The second-order valence-corrected chi connectivity index (χ2v) is 7.42. The largest absolute Gasteiger partial charge is 0.490 e. The Kier molecular flexibility index (Phi) is 7.50. The summed E-state index contributed by atoms with van der Waals surface area (Å²) in [5.74, 6) is 0.698. The minimum absolute atomic E-state index is 0.138. The van der Waals surface area contributed by atoms with Gasteiger partial charge in [-0.25, -0.2) is 4.79 Å². The van der Waals surface area contributed by atoms with E-state index >= 15 is 0 Å². The van der Waals surface area contributed by atoms with Crippen LogP contribution in [0.1, 0.15) is 37.7 Å². The van der Waals surface area contributed by atoms with Gasteiger partial charge < -0.3 is 20.3 Å². The number of ether oxygens (including phenoxy) is 1. The van der Waals surface area contributed by atoms with Gasteiger partial charge >= 0.3 is 6.03 Å².